The number of carbonyl (C=O) groups is 2. The first-order chi connectivity index (χ1) is 21.3. The summed E-state index contributed by atoms with van der Waals surface area (Å²) in [5.74, 6) is -1.20. The van der Waals surface area contributed by atoms with Gasteiger partial charge in [0.2, 0.25) is 0 Å². The highest BCUT2D eigenvalue weighted by Gasteiger charge is 2.19. The van der Waals surface area contributed by atoms with Crippen molar-refractivity contribution in [3.8, 4) is 23.0 Å². The maximum Gasteiger partial charge on any atom is 0.313 e. The van der Waals surface area contributed by atoms with E-state index in [1.54, 1.807) is 50.6 Å². The molecule has 1 fully saturated rings. The zero-order valence-corrected chi connectivity index (χ0v) is 24.5. The van der Waals surface area contributed by atoms with Crippen LogP contribution in [0, 0.1) is 17.6 Å². The molecule has 44 heavy (non-hydrogen) atoms. The quantitative estimate of drug-likeness (QED) is 0.209. The van der Waals surface area contributed by atoms with E-state index < -0.39 is 23.7 Å². The van der Waals surface area contributed by atoms with E-state index in [1.807, 2.05) is 0 Å². The third-order valence-electron chi connectivity index (χ3n) is 7.34. The summed E-state index contributed by atoms with van der Waals surface area (Å²) in [6, 6.07) is 14.5. The van der Waals surface area contributed by atoms with Crippen molar-refractivity contribution in [2.75, 3.05) is 32.1 Å². The minimum atomic E-state index is -0.963. The van der Waals surface area contributed by atoms with E-state index in [2.05, 4.69) is 20.9 Å². The van der Waals surface area contributed by atoms with Crippen molar-refractivity contribution in [2.24, 2.45) is 5.92 Å². The molecule has 1 unspecified atom stereocenters. The molecule has 9 nitrogen and oxygen atoms in total. The summed E-state index contributed by atoms with van der Waals surface area (Å²) in [5.41, 5.74) is 1.34. The average molecular weight is 605 g/mol. The van der Waals surface area contributed by atoms with Gasteiger partial charge in [0.05, 0.1) is 19.2 Å². The van der Waals surface area contributed by atoms with Crippen LogP contribution >= 0.6 is 0 Å². The molecular formula is C33H34F2N4O5. The van der Waals surface area contributed by atoms with Gasteiger partial charge in [-0.15, -0.1) is 0 Å². The Kier molecular flexibility index (Phi) is 9.86. The van der Waals surface area contributed by atoms with E-state index in [1.165, 1.54) is 24.3 Å². The largest absolute Gasteiger partial charge is 0.493 e. The number of anilines is 1. The molecule has 11 heteroatoms. The van der Waals surface area contributed by atoms with Crippen LogP contribution in [0.5, 0.6) is 23.0 Å². The average Bonchev–Trinajstić information content (AvgIpc) is 3.01. The summed E-state index contributed by atoms with van der Waals surface area (Å²) >= 11 is 0. The van der Waals surface area contributed by atoms with Crippen molar-refractivity contribution in [2.45, 2.75) is 32.2 Å². The highest BCUT2D eigenvalue weighted by Crippen LogP contribution is 2.38. The zero-order valence-electron chi connectivity index (χ0n) is 24.5. The lowest BCUT2D eigenvalue weighted by Crippen LogP contribution is -2.41. The number of pyridine rings is 1. The van der Waals surface area contributed by atoms with Gasteiger partial charge in [0.1, 0.15) is 11.6 Å². The number of amides is 2. The Hall–Kier alpha value is -4.77. The molecule has 1 aliphatic heterocycles. The molecule has 230 valence electrons. The highest BCUT2D eigenvalue weighted by atomic mass is 19.1. The van der Waals surface area contributed by atoms with E-state index in [9.17, 15) is 14.0 Å². The molecule has 0 saturated carbocycles. The molecule has 0 radical (unpaired) electrons. The second kappa shape index (κ2) is 14.1. The fourth-order valence-corrected chi connectivity index (χ4v) is 5.07. The molecule has 1 aliphatic rings. The van der Waals surface area contributed by atoms with Crippen molar-refractivity contribution in [3.63, 3.8) is 0 Å². The highest BCUT2D eigenvalue weighted by molar-refractivity contribution is 6.39. The summed E-state index contributed by atoms with van der Waals surface area (Å²) in [7, 11) is 1.55. The normalized spacial score (nSPS) is 14.1. The molecule has 0 aliphatic carbocycles. The van der Waals surface area contributed by atoms with E-state index >= 15 is 4.39 Å². The zero-order chi connectivity index (χ0) is 31.1. The standard InChI is InChI=1S/C33H34F2N4O5/c1-20(14-22-4-3-5-23(34)15-22)38-32(40)33(41)39-24-6-7-29(26(35)16-24)44-28-10-13-37-27-18-31(30(42-2)17-25(27)28)43-19-21-8-11-36-12-9-21/h3-7,10,13,15-18,20-21,36H,8-9,11-12,14,19H2,1-2H3,(H,38,40)(H,39,41). The number of aromatic nitrogens is 1. The molecule has 2 heterocycles. The molecule has 3 aromatic carbocycles. The first-order valence-corrected chi connectivity index (χ1v) is 14.4. The number of fused-ring (bicyclic) bond motifs is 1. The molecule has 0 bridgehead atoms. The van der Waals surface area contributed by atoms with Crippen LogP contribution in [0.25, 0.3) is 10.9 Å². The Morgan fingerprint density at radius 3 is 2.55 bits per heavy atom. The smallest absolute Gasteiger partial charge is 0.313 e. The fourth-order valence-electron chi connectivity index (χ4n) is 5.07. The van der Waals surface area contributed by atoms with Gasteiger partial charge in [-0.25, -0.2) is 8.78 Å². The van der Waals surface area contributed by atoms with Gasteiger partial charge in [0, 0.05) is 35.4 Å². The Morgan fingerprint density at radius 2 is 1.80 bits per heavy atom. The van der Waals surface area contributed by atoms with Gasteiger partial charge in [-0.3, -0.25) is 14.6 Å². The second-order valence-electron chi connectivity index (χ2n) is 10.7. The number of piperidine rings is 1. The number of benzene rings is 3. The van der Waals surface area contributed by atoms with Crippen LogP contribution in [0.1, 0.15) is 25.3 Å². The lowest BCUT2D eigenvalue weighted by Gasteiger charge is -2.23. The van der Waals surface area contributed by atoms with Gasteiger partial charge >= 0.3 is 11.8 Å². The molecule has 1 saturated heterocycles. The number of halogens is 2. The van der Waals surface area contributed by atoms with Crippen molar-refractivity contribution in [1.82, 2.24) is 15.6 Å². The van der Waals surface area contributed by atoms with Gasteiger partial charge in [0.25, 0.3) is 0 Å². The molecule has 2 amide bonds. The second-order valence-corrected chi connectivity index (χ2v) is 10.7. The van der Waals surface area contributed by atoms with Crippen LogP contribution in [0.4, 0.5) is 14.5 Å². The topological polar surface area (TPSA) is 111 Å². The molecule has 3 N–H and O–H groups in total. The lowest BCUT2D eigenvalue weighted by atomic mass is 9.99. The Morgan fingerprint density at radius 1 is 0.977 bits per heavy atom. The Labute approximate surface area is 253 Å². The van der Waals surface area contributed by atoms with Crippen molar-refractivity contribution >= 4 is 28.4 Å². The molecule has 1 aromatic heterocycles. The summed E-state index contributed by atoms with van der Waals surface area (Å²) in [4.78, 5) is 29.3. The monoisotopic (exact) mass is 604 g/mol. The number of nitrogens with zero attached hydrogens (tertiary/aromatic N) is 1. The minimum absolute atomic E-state index is 0.0737. The number of hydrogen-bond donors (Lipinski definition) is 3. The summed E-state index contributed by atoms with van der Waals surface area (Å²) in [5, 5.41) is 8.89. The van der Waals surface area contributed by atoms with Gasteiger partial charge < -0.3 is 30.2 Å². The van der Waals surface area contributed by atoms with Gasteiger partial charge in [-0.05, 0) is 87.2 Å². The molecule has 5 rings (SSSR count). The Balaban J connectivity index is 1.23. The van der Waals surface area contributed by atoms with Gasteiger partial charge in [-0.2, -0.15) is 0 Å². The first kappa shape index (κ1) is 30.7. The maximum atomic E-state index is 15.1. The maximum absolute atomic E-state index is 15.1. The van der Waals surface area contributed by atoms with Crippen LogP contribution in [-0.4, -0.2) is 49.6 Å². The van der Waals surface area contributed by atoms with Crippen LogP contribution < -0.4 is 30.2 Å². The predicted molar refractivity (Wildman–Crippen MR) is 162 cm³/mol. The van der Waals surface area contributed by atoms with Crippen LogP contribution in [0.3, 0.4) is 0 Å². The summed E-state index contributed by atoms with van der Waals surface area (Å²) in [6.07, 6.45) is 3.98. The summed E-state index contributed by atoms with van der Waals surface area (Å²) in [6.45, 7) is 4.22. The van der Waals surface area contributed by atoms with E-state index in [0.29, 0.717) is 52.7 Å². The number of nitrogens with one attached hydrogen (secondary N) is 3. The molecular weight excluding hydrogens is 570 g/mol. The van der Waals surface area contributed by atoms with Crippen molar-refractivity contribution < 1.29 is 32.6 Å². The first-order valence-electron chi connectivity index (χ1n) is 14.4. The number of ether oxygens (including phenoxy) is 3. The summed E-state index contributed by atoms with van der Waals surface area (Å²) < 4.78 is 46.1. The number of methoxy groups -OCH3 is 1. The van der Waals surface area contributed by atoms with Gasteiger partial charge in [0.15, 0.2) is 23.1 Å². The molecule has 0 spiro atoms. The number of rotatable bonds is 10. The van der Waals surface area contributed by atoms with E-state index in [0.717, 1.165) is 32.0 Å². The Bertz CT molecular complexity index is 1640. The SMILES string of the molecule is COc1cc2c(Oc3ccc(NC(=O)C(=O)NC(C)Cc4cccc(F)c4)cc3F)ccnc2cc1OCC1CCNCC1. The minimum Gasteiger partial charge on any atom is -0.493 e. The molecule has 1 atom stereocenters. The van der Waals surface area contributed by atoms with Gasteiger partial charge in [-0.1, -0.05) is 12.1 Å². The van der Waals surface area contributed by atoms with E-state index in [4.69, 9.17) is 14.2 Å². The number of carbonyl (C=O) groups excluding carboxylic acids is 2. The fraction of sp³-hybridized carbons (Fsp3) is 0.303. The number of hydrogen-bond acceptors (Lipinski definition) is 7. The third-order valence-corrected chi connectivity index (χ3v) is 7.34. The molecule has 4 aromatic rings. The van der Waals surface area contributed by atoms with Crippen molar-refractivity contribution in [3.05, 3.63) is 84.1 Å². The third kappa shape index (κ3) is 7.78. The van der Waals surface area contributed by atoms with Crippen LogP contribution in [0.2, 0.25) is 0 Å². The van der Waals surface area contributed by atoms with Crippen molar-refractivity contribution in [1.29, 1.82) is 0 Å². The van der Waals surface area contributed by atoms with Crippen LogP contribution in [0.15, 0.2) is 66.9 Å². The lowest BCUT2D eigenvalue weighted by molar-refractivity contribution is -0.136. The van der Waals surface area contributed by atoms with E-state index in [-0.39, 0.29) is 17.3 Å². The van der Waals surface area contributed by atoms with Crippen LogP contribution in [-0.2, 0) is 16.0 Å². The predicted octanol–water partition coefficient (Wildman–Crippen LogP) is 5.38.